The Morgan fingerprint density at radius 3 is 2.62 bits per heavy atom. The summed E-state index contributed by atoms with van der Waals surface area (Å²) < 4.78 is 10.3. The third kappa shape index (κ3) is 4.51. The molecule has 0 heterocycles. The summed E-state index contributed by atoms with van der Waals surface area (Å²) in [5.41, 5.74) is 1.92. The van der Waals surface area contributed by atoms with Crippen molar-refractivity contribution >= 4 is 16.5 Å². The summed E-state index contributed by atoms with van der Waals surface area (Å²) >= 11 is 0. The average molecular weight is 392 g/mol. The molecular formula is C22H20N2O5. The number of methoxy groups -OCH3 is 1. The van der Waals surface area contributed by atoms with Gasteiger partial charge in [0.15, 0.2) is 6.79 Å². The van der Waals surface area contributed by atoms with Gasteiger partial charge in [-0.1, -0.05) is 18.2 Å². The Bertz CT molecular complexity index is 1100. The molecule has 29 heavy (non-hydrogen) atoms. The summed E-state index contributed by atoms with van der Waals surface area (Å²) in [5, 5.41) is 33.2. The lowest BCUT2D eigenvalue weighted by atomic mass is 9.96. The summed E-state index contributed by atoms with van der Waals surface area (Å²) in [6.07, 6.45) is -0.911. The highest BCUT2D eigenvalue weighted by Gasteiger charge is 2.22. The van der Waals surface area contributed by atoms with E-state index in [4.69, 9.17) is 14.7 Å². The number of ether oxygens (including phenoxy) is 2. The van der Waals surface area contributed by atoms with Crippen LogP contribution in [0.1, 0.15) is 28.4 Å². The average Bonchev–Trinajstić information content (AvgIpc) is 2.70. The standard InChI is InChI=1S/C22H20N2O5/c1-14-7-20(29-13-28-2)10-19(22(14)24(26)27)11-21(25)17-6-5-16-4-3-15(12-23)8-18(16)9-17/h3-10,21,25H,11,13H2,1-2H3. The molecule has 0 radical (unpaired) electrons. The van der Waals surface area contributed by atoms with E-state index in [1.54, 1.807) is 43.3 Å². The van der Waals surface area contributed by atoms with Gasteiger partial charge < -0.3 is 14.6 Å². The van der Waals surface area contributed by atoms with Crippen LogP contribution in [0.15, 0.2) is 48.5 Å². The number of nitro groups is 1. The zero-order chi connectivity index (χ0) is 21.0. The molecule has 0 saturated heterocycles. The summed E-state index contributed by atoms with van der Waals surface area (Å²) in [7, 11) is 1.49. The first kappa shape index (κ1) is 20.3. The van der Waals surface area contributed by atoms with E-state index < -0.39 is 11.0 Å². The highest BCUT2D eigenvalue weighted by atomic mass is 16.7. The van der Waals surface area contributed by atoms with Crippen LogP contribution in [-0.4, -0.2) is 23.9 Å². The minimum absolute atomic E-state index is 0.0190. The van der Waals surface area contributed by atoms with Crippen molar-refractivity contribution < 1.29 is 19.5 Å². The Hall–Kier alpha value is -3.47. The van der Waals surface area contributed by atoms with E-state index in [1.165, 1.54) is 7.11 Å². The number of rotatable bonds is 7. The molecule has 0 aliphatic carbocycles. The fraction of sp³-hybridized carbons (Fsp3) is 0.227. The fourth-order valence-corrected chi connectivity index (χ4v) is 3.31. The molecule has 0 aliphatic rings. The number of aliphatic hydroxyl groups excluding tert-OH is 1. The van der Waals surface area contributed by atoms with E-state index in [1.807, 2.05) is 12.1 Å². The lowest BCUT2D eigenvalue weighted by Crippen LogP contribution is -2.07. The van der Waals surface area contributed by atoms with Gasteiger partial charge in [0.2, 0.25) is 0 Å². The number of benzene rings is 3. The first-order chi connectivity index (χ1) is 13.9. The lowest BCUT2D eigenvalue weighted by molar-refractivity contribution is -0.386. The number of nitrogens with zero attached hydrogens (tertiary/aromatic N) is 2. The number of aliphatic hydroxyl groups is 1. The molecule has 0 aliphatic heterocycles. The third-order valence-corrected chi connectivity index (χ3v) is 4.67. The minimum Gasteiger partial charge on any atom is -0.468 e. The molecule has 0 spiro atoms. The number of fused-ring (bicyclic) bond motifs is 1. The van der Waals surface area contributed by atoms with Crippen molar-refractivity contribution in [3.05, 3.63) is 80.9 Å². The molecule has 148 valence electrons. The van der Waals surface area contributed by atoms with Crippen LogP contribution in [0, 0.1) is 28.4 Å². The quantitative estimate of drug-likeness (QED) is 0.367. The lowest BCUT2D eigenvalue weighted by Gasteiger charge is -2.15. The van der Waals surface area contributed by atoms with Crippen LogP contribution in [0.2, 0.25) is 0 Å². The highest BCUT2D eigenvalue weighted by Crippen LogP contribution is 2.33. The maximum absolute atomic E-state index is 11.6. The molecule has 0 saturated carbocycles. The van der Waals surface area contributed by atoms with Gasteiger partial charge in [-0.2, -0.15) is 5.26 Å². The van der Waals surface area contributed by atoms with Gasteiger partial charge in [0.1, 0.15) is 5.75 Å². The smallest absolute Gasteiger partial charge is 0.275 e. The monoisotopic (exact) mass is 392 g/mol. The van der Waals surface area contributed by atoms with Crippen molar-refractivity contribution in [3.63, 3.8) is 0 Å². The molecule has 3 rings (SSSR count). The van der Waals surface area contributed by atoms with E-state index in [2.05, 4.69) is 6.07 Å². The van der Waals surface area contributed by atoms with E-state index in [9.17, 15) is 15.2 Å². The van der Waals surface area contributed by atoms with Crippen LogP contribution in [0.5, 0.6) is 5.75 Å². The Balaban J connectivity index is 1.95. The van der Waals surface area contributed by atoms with E-state index >= 15 is 0 Å². The van der Waals surface area contributed by atoms with E-state index in [0.29, 0.717) is 28.0 Å². The number of hydrogen-bond acceptors (Lipinski definition) is 6. The van der Waals surface area contributed by atoms with Gasteiger partial charge in [0.25, 0.3) is 5.69 Å². The minimum atomic E-state index is -0.957. The summed E-state index contributed by atoms with van der Waals surface area (Å²) in [4.78, 5) is 11.1. The van der Waals surface area contributed by atoms with Gasteiger partial charge in [-0.25, -0.2) is 0 Å². The second kappa shape index (κ2) is 8.69. The largest absolute Gasteiger partial charge is 0.468 e. The van der Waals surface area contributed by atoms with Crippen molar-refractivity contribution in [1.82, 2.24) is 0 Å². The second-order valence-electron chi connectivity index (χ2n) is 6.71. The van der Waals surface area contributed by atoms with Gasteiger partial charge in [-0.05, 0) is 53.6 Å². The van der Waals surface area contributed by atoms with Gasteiger partial charge in [0.05, 0.1) is 22.7 Å². The first-order valence-corrected chi connectivity index (χ1v) is 8.94. The Labute approximate surface area is 167 Å². The van der Waals surface area contributed by atoms with Gasteiger partial charge in [-0.3, -0.25) is 10.1 Å². The predicted octanol–water partition coefficient (Wildman–Crippen LogP) is 4.19. The van der Waals surface area contributed by atoms with Crippen LogP contribution in [-0.2, 0) is 11.2 Å². The summed E-state index contributed by atoms with van der Waals surface area (Å²) in [6, 6.07) is 16.0. The maximum atomic E-state index is 11.6. The van der Waals surface area contributed by atoms with Crippen LogP contribution < -0.4 is 4.74 Å². The normalized spacial score (nSPS) is 11.8. The highest BCUT2D eigenvalue weighted by molar-refractivity contribution is 5.84. The SMILES string of the molecule is COCOc1cc(C)c([N+](=O)[O-])c(CC(O)c2ccc3ccc(C#N)cc3c2)c1. The van der Waals surface area contributed by atoms with Gasteiger partial charge >= 0.3 is 0 Å². The van der Waals surface area contributed by atoms with Crippen molar-refractivity contribution in [1.29, 1.82) is 5.26 Å². The van der Waals surface area contributed by atoms with Crippen molar-refractivity contribution in [3.8, 4) is 11.8 Å². The molecule has 0 bridgehead atoms. The van der Waals surface area contributed by atoms with Crippen molar-refractivity contribution in [2.75, 3.05) is 13.9 Å². The van der Waals surface area contributed by atoms with Gasteiger partial charge in [0, 0.05) is 24.7 Å². The zero-order valence-corrected chi connectivity index (χ0v) is 16.1. The topological polar surface area (TPSA) is 106 Å². The Morgan fingerprint density at radius 2 is 1.93 bits per heavy atom. The predicted molar refractivity (Wildman–Crippen MR) is 108 cm³/mol. The van der Waals surface area contributed by atoms with Crippen LogP contribution >= 0.6 is 0 Å². The first-order valence-electron chi connectivity index (χ1n) is 8.94. The summed E-state index contributed by atoms with van der Waals surface area (Å²) in [5.74, 6) is 0.439. The van der Waals surface area contributed by atoms with Gasteiger partial charge in [-0.15, -0.1) is 0 Å². The van der Waals surface area contributed by atoms with E-state index in [-0.39, 0.29) is 18.9 Å². The zero-order valence-electron chi connectivity index (χ0n) is 16.1. The molecule has 1 atom stereocenters. The number of hydrogen-bond donors (Lipinski definition) is 1. The summed E-state index contributed by atoms with van der Waals surface area (Å²) in [6.45, 7) is 1.65. The number of aryl methyl sites for hydroxylation is 1. The van der Waals surface area contributed by atoms with Crippen molar-refractivity contribution in [2.45, 2.75) is 19.4 Å². The molecule has 7 heteroatoms. The van der Waals surface area contributed by atoms with Crippen LogP contribution in [0.4, 0.5) is 5.69 Å². The number of nitro benzene ring substituents is 1. The molecule has 0 amide bonds. The molecule has 7 nitrogen and oxygen atoms in total. The molecule has 1 N–H and O–H groups in total. The second-order valence-corrected chi connectivity index (χ2v) is 6.71. The van der Waals surface area contributed by atoms with Crippen molar-refractivity contribution in [2.24, 2.45) is 0 Å². The van der Waals surface area contributed by atoms with Crippen LogP contribution in [0.3, 0.4) is 0 Å². The Morgan fingerprint density at radius 1 is 1.17 bits per heavy atom. The molecular weight excluding hydrogens is 372 g/mol. The molecule has 1 unspecified atom stereocenters. The fourth-order valence-electron chi connectivity index (χ4n) is 3.31. The Kier molecular flexibility index (Phi) is 6.07. The maximum Gasteiger partial charge on any atom is 0.275 e. The number of nitriles is 1. The molecule has 0 aromatic heterocycles. The molecule has 0 fully saturated rings. The van der Waals surface area contributed by atoms with E-state index in [0.717, 1.165) is 10.8 Å². The third-order valence-electron chi connectivity index (χ3n) is 4.67. The molecule has 3 aromatic rings. The molecule has 3 aromatic carbocycles. The van der Waals surface area contributed by atoms with Crippen LogP contribution in [0.25, 0.3) is 10.8 Å².